The van der Waals surface area contributed by atoms with Crippen LogP contribution in [0.1, 0.15) is 12.8 Å². The molecule has 0 bridgehead atoms. The Bertz CT molecular complexity index is 157. The molecule has 1 rings (SSSR count). The smallest absolute Gasteiger partial charge is 0.267 e. The lowest BCUT2D eigenvalue weighted by Crippen LogP contribution is -2.02. The van der Waals surface area contributed by atoms with Crippen molar-refractivity contribution in [2.45, 2.75) is 18.1 Å². The second-order valence-electron chi connectivity index (χ2n) is 1.71. The first-order valence-electron chi connectivity index (χ1n) is 2.07. The maximum Gasteiger partial charge on any atom is 0.267 e. The van der Waals surface area contributed by atoms with E-state index in [2.05, 4.69) is 0 Å². The number of hydrogen-bond donors (Lipinski definition) is 1. The van der Waals surface area contributed by atoms with Crippen molar-refractivity contribution in [3.05, 3.63) is 0 Å². The molecular weight excluding hydrogens is 152 g/mol. The second-order valence-corrected chi connectivity index (χ2v) is 3.41. The Morgan fingerprint density at radius 3 is 1.75 bits per heavy atom. The molecular formula is C3H7ClO3S. The minimum atomic E-state index is -3.63. The van der Waals surface area contributed by atoms with Crippen LogP contribution in [-0.2, 0) is 10.1 Å². The molecule has 1 saturated carbocycles. The van der Waals surface area contributed by atoms with Crippen LogP contribution in [0.25, 0.3) is 0 Å². The molecule has 8 heavy (non-hydrogen) atoms. The van der Waals surface area contributed by atoms with E-state index in [-0.39, 0.29) is 12.4 Å². The second kappa shape index (κ2) is 2.21. The standard InChI is InChI=1S/C3H6O3S.ClH/c4-7(5,6)3-1-2-3;/h3H,1-2H2,(H,4,5,6);1H. The van der Waals surface area contributed by atoms with E-state index in [9.17, 15) is 8.42 Å². The zero-order valence-electron chi connectivity index (χ0n) is 4.07. The van der Waals surface area contributed by atoms with Crippen LogP contribution in [0, 0.1) is 0 Å². The largest absolute Gasteiger partial charge is 0.285 e. The van der Waals surface area contributed by atoms with E-state index in [0.29, 0.717) is 12.8 Å². The third kappa shape index (κ3) is 1.98. The molecule has 0 aromatic rings. The fourth-order valence-corrected chi connectivity index (χ4v) is 1.10. The Morgan fingerprint density at radius 1 is 1.38 bits per heavy atom. The zero-order valence-corrected chi connectivity index (χ0v) is 5.70. The maximum atomic E-state index is 9.95. The summed E-state index contributed by atoms with van der Waals surface area (Å²) in [4.78, 5) is 0. The summed E-state index contributed by atoms with van der Waals surface area (Å²) >= 11 is 0. The highest BCUT2D eigenvalue weighted by Gasteiger charge is 2.33. The van der Waals surface area contributed by atoms with E-state index in [1.807, 2.05) is 0 Å². The molecule has 0 aromatic heterocycles. The Morgan fingerprint density at radius 2 is 1.75 bits per heavy atom. The summed E-state index contributed by atoms with van der Waals surface area (Å²) in [5.74, 6) is 0. The van der Waals surface area contributed by atoms with Gasteiger partial charge in [0.25, 0.3) is 10.1 Å². The molecule has 0 spiro atoms. The van der Waals surface area contributed by atoms with E-state index in [1.54, 1.807) is 0 Å². The van der Waals surface area contributed by atoms with Gasteiger partial charge in [0.1, 0.15) is 0 Å². The lowest BCUT2D eigenvalue weighted by Gasteiger charge is -1.83. The highest BCUT2D eigenvalue weighted by atomic mass is 35.5. The van der Waals surface area contributed by atoms with E-state index in [0.717, 1.165) is 0 Å². The molecule has 0 heterocycles. The summed E-state index contributed by atoms with van der Waals surface area (Å²) in [6.45, 7) is 0. The van der Waals surface area contributed by atoms with E-state index in [1.165, 1.54) is 0 Å². The lowest BCUT2D eigenvalue weighted by molar-refractivity contribution is 0.481. The van der Waals surface area contributed by atoms with Gasteiger partial charge >= 0.3 is 0 Å². The van der Waals surface area contributed by atoms with Gasteiger partial charge in [0.05, 0.1) is 5.25 Å². The maximum absolute atomic E-state index is 9.95. The van der Waals surface area contributed by atoms with Gasteiger partial charge in [0, 0.05) is 0 Å². The average molecular weight is 159 g/mol. The van der Waals surface area contributed by atoms with Gasteiger partial charge < -0.3 is 0 Å². The van der Waals surface area contributed by atoms with Crippen LogP contribution in [0.5, 0.6) is 0 Å². The van der Waals surface area contributed by atoms with Crippen LogP contribution >= 0.6 is 12.4 Å². The highest BCUT2D eigenvalue weighted by Crippen LogP contribution is 2.26. The van der Waals surface area contributed by atoms with Crippen molar-refractivity contribution in [2.75, 3.05) is 0 Å². The molecule has 5 heteroatoms. The van der Waals surface area contributed by atoms with Gasteiger partial charge in [0.2, 0.25) is 0 Å². The van der Waals surface area contributed by atoms with E-state index < -0.39 is 15.4 Å². The first kappa shape index (κ1) is 8.20. The normalized spacial score (nSPS) is 19.6. The molecule has 1 N–H and O–H groups in total. The van der Waals surface area contributed by atoms with Gasteiger partial charge in [-0.15, -0.1) is 12.4 Å². The van der Waals surface area contributed by atoms with Gasteiger partial charge in [-0.25, -0.2) is 0 Å². The van der Waals surface area contributed by atoms with Crippen molar-refractivity contribution in [1.82, 2.24) is 0 Å². The monoisotopic (exact) mass is 158 g/mol. The van der Waals surface area contributed by atoms with Crippen molar-refractivity contribution in [2.24, 2.45) is 0 Å². The number of halogens is 1. The average Bonchev–Trinajstić information content (AvgIpc) is 1.99. The summed E-state index contributed by atoms with van der Waals surface area (Å²) < 4.78 is 28.0. The third-order valence-electron chi connectivity index (χ3n) is 0.946. The summed E-state index contributed by atoms with van der Waals surface area (Å²) in [5.41, 5.74) is 0. The summed E-state index contributed by atoms with van der Waals surface area (Å²) in [6, 6.07) is 0. The molecule has 0 amide bonds. The van der Waals surface area contributed by atoms with Crippen LogP contribution in [0.4, 0.5) is 0 Å². The third-order valence-corrected chi connectivity index (χ3v) is 2.26. The minimum Gasteiger partial charge on any atom is -0.285 e. The van der Waals surface area contributed by atoms with E-state index >= 15 is 0 Å². The predicted molar refractivity (Wildman–Crippen MR) is 31.8 cm³/mol. The zero-order chi connectivity index (χ0) is 5.49. The Balaban J connectivity index is 0.000000490. The molecule has 0 unspecified atom stereocenters. The first-order valence-corrected chi connectivity index (χ1v) is 3.57. The van der Waals surface area contributed by atoms with Gasteiger partial charge in [-0.3, -0.25) is 4.55 Å². The van der Waals surface area contributed by atoms with Crippen molar-refractivity contribution >= 4 is 22.5 Å². The molecule has 1 fully saturated rings. The van der Waals surface area contributed by atoms with Gasteiger partial charge in [0.15, 0.2) is 0 Å². The molecule has 0 atom stereocenters. The summed E-state index contributed by atoms with van der Waals surface area (Å²) in [6.07, 6.45) is 1.28. The van der Waals surface area contributed by atoms with Crippen molar-refractivity contribution in [3.63, 3.8) is 0 Å². The van der Waals surface area contributed by atoms with Crippen molar-refractivity contribution in [3.8, 4) is 0 Å². The van der Waals surface area contributed by atoms with Crippen molar-refractivity contribution < 1.29 is 13.0 Å². The van der Waals surface area contributed by atoms with Crippen LogP contribution in [-0.4, -0.2) is 18.2 Å². The molecule has 0 aromatic carbocycles. The Kier molecular flexibility index (Phi) is 2.26. The van der Waals surface area contributed by atoms with Crippen molar-refractivity contribution in [1.29, 1.82) is 0 Å². The molecule has 50 valence electrons. The van der Waals surface area contributed by atoms with Crippen LogP contribution in [0.2, 0.25) is 0 Å². The van der Waals surface area contributed by atoms with Crippen LogP contribution < -0.4 is 0 Å². The van der Waals surface area contributed by atoms with Gasteiger partial charge in [-0.05, 0) is 12.8 Å². The van der Waals surface area contributed by atoms with Gasteiger partial charge in [-0.2, -0.15) is 8.42 Å². The molecule has 0 saturated heterocycles. The Hall–Kier alpha value is 0.200. The molecule has 0 radical (unpaired) electrons. The lowest BCUT2D eigenvalue weighted by atomic mass is 11.0. The van der Waals surface area contributed by atoms with E-state index in [4.69, 9.17) is 4.55 Å². The molecule has 1 aliphatic carbocycles. The molecule has 3 nitrogen and oxygen atoms in total. The fraction of sp³-hybridized carbons (Fsp3) is 1.00. The summed E-state index contributed by atoms with van der Waals surface area (Å²) in [5, 5.41) is -0.424. The quantitative estimate of drug-likeness (QED) is 0.564. The fourth-order valence-electron chi connectivity index (χ4n) is 0.366. The SMILES string of the molecule is Cl.O=S(=O)(O)C1CC1. The molecule has 0 aliphatic heterocycles. The van der Waals surface area contributed by atoms with Crippen LogP contribution in [0.3, 0.4) is 0 Å². The topological polar surface area (TPSA) is 54.4 Å². The van der Waals surface area contributed by atoms with Gasteiger partial charge in [-0.1, -0.05) is 0 Å². The van der Waals surface area contributed by atoms with Crippen LogP contribution in [0.15, 0.2) is 0 Å². The summed E-state index contributed by atoms with van der Waals surface area (Å²) in [7, 11) is -3.63. The highest BCUT2D eigenvalue weighted by molar-refractivity contribution is 7.86. The number of hydrogen-bond acceptors (Lipinski definition) is 2. The minimum absolute atomic E-state index is 0. The first-order chi connectivity index (χ1) is 3.11. The predicted octanol–water partition coefficient (Wildman–Crippen LogP) is 0.458. The number of rotatable bonds is 1. The Labute approximate surface area is 54.2 Å². The molecule has 1 aliphatic rings.